The van der Waals surface area contributed by atoms with Crippen LogP contribution < -0.4 is 5.73 Å². The molecule has 5 heteroatoms. The van der Waals surface area contributed by atoms with Crippen LogP contribution in [0.5, 0.6) is 0 Å². The predicted molar refractivity (Wildman–Crippen MR) is 74.4 cm³/mol. The number of aryl methyl sites for hydroxylation is 2. The van der Waals surface area contributed by atoms with Gasteiger partial charge in [-0.15, -0.1) is 0 Å². The highest BCUT2D eigenvalue weighted by molar-refractivity contribution is 8.13. The summed E-state index contributed by atoms with van der Waals surface area (Å²) < 4.78 is 0. The molecule has 1 aromatic rings. The van der Waals surface area contributed by atoms with Crippen LogP contribution in [0.25, 0.3) is 0 Å². The Labute approximate surface area is 111 Å². The van der Waals surface area contributed by atoms with Crippen LogP contribution in [0.15, 0.2) is 12.1 Å². The highest BCUT2D eigenvalue weighted by atomic mass is 32.2. The smallest absolute Gasteiger partial charge is 0.185 e. The second-order valence-electron chi connectivity index (χ2n) is 4.38. The molecule has 4 nitrogen and oxygen atoms in total. The van der Waals surface area contributed by atoms with Crippen LogP contribution in [-0.2, 0) is 4.79 Å². The monoisotopic (exact) mass is 269 g/mol. The number of aliphatic hydroxyl groups excluding tert-OH is 2. The highest BCUT2D eigenvalue weighted by Crippen LogP contribution is 2.28. The van der Waals surface area contributed by atoms with Crippen LogP contribution >= 0.6 is 11.8 Å². The fourth-order valence-corrected chi connectivity index (χ4v) is 2.55. The van der Waals surface area contributed by atoms with Gasteiger partial charge in [0.15, 0.2) is 5.12 Å². The summed E-state index contributed by atoms with van der Waals surface area (Å²) in [5.41, 5.74) is 8.70. The number of thioether (sulfide) groups is 1. The zero-order chi connectivity index (χ0) is 13.9. The van der Waals surface area contributed by atoms with Crippen LogP contribution in [0.4, 0.5) is 5.69 Å². The van der Waals surface area contributed by atoms with Gasteiger partial charge in [-0.2, -0.15) is 0 Å². The van der Waals surface area contributed by atoms with E-state index in [4.69, 9.17) is 5.73 Å². The molecule has 0 bridgehead atoms. The molecule has 100 valence electrons. The maximum absolute atomic E-state index is 10.8. The second kappa shape index (κ2) is 6.22. The lowest BCUT2D eigenvalue weighted by Gasteiger charge is -2.21. The van der Waals surface area contributed by atoms with Crippen molar-refractivity contribution in [1.29, 1.82) is 0 Å². The SMILES string of the molecule is CC(=O)SCC(O)C(O)c1c(C)cc(N)cc1C. The first kappa shape index (κ1) is 15.0. The minimum absolute atomic E-state index is 0.0769. The van der Waals surface area contributed by atoms with Gasteiger partial charge in [-0.05, 0) is 42.7 Å². The second-order valence-corrected chi connectivity index (χ2v) is 5.58. The summed E-state index contributed by atoms with van der Waals surface area (Å²) in [5.74, 6) is 0.180. The summed E-state index contributed by atoms with van der Waals surface area (Å²) in [6.45, 7) is 5.11. The van der Waals surface area contributed by atoms with Crippen molar-refractivity contribution in [2.24, 2.45) is 0 Å². The first-order chi connectivity index (χ1) is 8.32. The van der Waals surface area contributed by atoms with E-state index in [0.29, 0.717) is 11.3 Å². The van der Waals surface area contributed by atoms with Crippen molar-refractivity contribution in [3.63, 3.8) is 0 Å². The lowest BCUT2D eigenvalue weighted by molar-refractivity contribution is -0.109. The molecule has 2 unspecified atom stereocenters. The number of nitrogen functional groups attached to an aromatic ring is 1. The molecule has 0 aromatic heterocycles. The predicted octanol–water partition coefficient (Wildman–Crippen LogP) is 1.56. The van der Waals surface area contributed by atoms with Gasteiger partial charge in [-0.1, -0.05) is 11.8 Å². The van der Waals surface area contributed by atoms with Crippen LogP contribution in [0.2, 0.25) is 0 Å². The van der Waals surface area contributed by atoms with Crippen LogP contribution in [0.1, 0.15) is 29.7 Å². The van der Waals surface area contributed by atoms with Gasteiger partial charge in [-0.25, -0.2) is 0 Å². The topological polar surface area (TPSA) is 83.5 Å². The fraction of sp³-hybridized carbons (Fsp3) is 0.462. The quantitative estimate of drug-likeness (QED) is 0.722. The molecule has 0 radical (unpaired) electrons. The molecule has 0 amide bonds. The van der Waals surface area contributed by atoms with Crippen molar-refractivity contribution in [3.8, 4) is 0 Å². The maximum atomic E-state index is 10.8. The molecule has 0 heterocycles. The Morgan fingerprint density at radius 2 is 1.83 bits per heavy atom. The Morgan fingerprint density at radius 3 is 2.28 bits per heavy atom. The Kier molecular flexibility index (Phi) is 5.19. The van der Waals surface area contributed by atoms with Crippen molar-refractivity contribution in [1.82, 2.24) is 0 Å². The third-order valence-corrected chi connectivity index (χ3v) is 3.65. The van der Waals surface area contributed by atoms with E-state index < -0.39 is 12.2 Å². The average molecular weight is 269 g/mol. The van der Waals surface area contributed by atoms with E-state index in [1.165, 1.54) is 6.92 Å². The van der Waals surface area contributed by atoms with E-state index in [2.05, 4.69) is 0 Å². The minimum atomic E-state index is -1.00. The summed E-state index contributed by atoms with van der Waals surface area (Å²) >= 11 is 1.00. The molecule has 0 spiro atoms. The number of hydrogen-bond donors (Lipinski definition) is 3. The molecule has 0 aliphatic rings. The molecule has 1 aromatic carbocycles. The van der Waals surface area contributed by atoms with Crippen molar-refractivity contribution >= 4 is 22.6 Å². The average Bonchev–Trinajstić information content (AvgIpc) is 2.24. The molecule has 0 saturated heterocycles. The van der Waals surface area contributed by atoms with E-state index in [1.54, 1.807) is 12.1 Å². The normalized spacial score (nSPS) is 14.3. The van der Waals surface area contributed by atoms with Crippen LogP contribution in [0.3, 0.4) is 0 Å². The van der Waals surface area contributed by atoms with E-state index in [9.17, 15) is 15.0 Å². The standard InChI is InChI=1S/C13H19NO3S/c1-7-4-10(14)5-8(2)12(7)13(17)11(16)6-18-9(3)15/h4-5,11,13,16-17H,6,14H2,1-3H3. The van der Waals surface area contributed by atoms with E-state index in [-0.39, 0.29) is 10.9 Å². The number of aliphatic hydroxyl groups is 2. The number of benzene rings is 1. The Hall–Kier alpha value is -1.04. The first-order valence-electron chi connectivity index (χ1n) is 5.69. The van der Waals surface area contributed by atoms with Gasteiger partial charge < -0.3 is 15.9 Å². The minimum Gasteiger partial charge on any atom is -0.399 e. The van der Waals surface area contributed by atoms with E-state index in [1.807, 2.05) is 13.8 Å². The van der Waals surface area contributed by atoms with Gasteiger partial charge in [-0.3, -0.25) is 4.79 Å². The number of anilines is 1. The molecule has 2 atom stereocenters. The molecule has 18 heavy (non-hydrogen) atoms. The molecular formula is C13H19NO3S. The third-order valence-electron chi connectivity index (χ3n) is 2.73. The summed E-state index contributed by atoms with van der Waals surface area (Å²) in [4.78, 5) is 10.8. The molecule has 4 N–H and O–H groups in total. The largest absolute Gasteiger partial charge is 0.399 e. The van der Waals surface area contributed by atoms with Crippen molar-refractivity contribution in [2.75, 3.05) is 11.5 Å². The molecule has 0 aliphatic heterocycles. The molecule has 0 aliphatic carbocycles. The molecule has 0 saturated carbocycles. The Bertz CT molecular complexity index is 425. The van der Waals surface area contributed by atoms with Gasteiger partial charge >= 0.3 is 0 Å². The van der Waals surface area contributed by atoms with Gasteiger partial charge in [0.25, 0.3) is 0 Å². The van der Waals surface area contributed by atoms with Crippen molar-refractivity contribution < 1.29 is 15.0 Å². The number of hydrogen-bond acceptors (Lipinski definition) is 5. The van der Waals surface area contributed by atoms with Gasteiger partial charge in [0.2, 0.25) is 0 Å². The summed E-state index contributed by atoms with van der Waals surface area (Å²) in [6, 6.07) is 3.52. The third kappa shape index (κ3) is 3.73. The zero-order valence-electron chi connectivity index (χ0n) is 10.8. The Balaban J connectivity index is 2.89. The fourth-order valence-electron chi connectivity index (χ4n) is 1.96. The van der Waals surface area contributed by atoms with Crippen LogP contribution in [-0.4, -0.2) is 27.2 Å². The lowest BCUT2D eigenvalue weighted by Crippen LogP contribution is -2.23. The molecular weight excluding hydrogens is 250 g/mol. The summed E-state index contributed by atoms with van der Waals surface area (Å²) in [7, 11) is 0. The zero-order valence-corrected chi connectivity index (χ0v) is 11.6. The van der Waals surface area contributed by atoms with Gasteiger partial charge in [0.05, 0.1) is 6.10 Å². The number of nitrogens with two attached hydrogens (primary N) is 1. The lowest BCUT2D eigenvalue weighted by atomic mass is 9.94. The van der Waals surface area contributed by atoms with Crippen LogP contribution in [0, 0.1) is 13.8 Å². The van der Waals surface area contributed by atoms with E-state index in [0.717, 1.165) is 22.9 Å². The summed E-state index contributed by atoms with van der Waals surface area (Å²) in [5, 5.41) is 19.9. The van der Waals surface area contributed by atoms with E-state index >= 15 is 0 Å². The van der Waals surface area contributed by atoms with Crippen molar-refractivity contribution in [2.45, 2.75) is 33.0 Å². The van der Waals surface area contributed by atoms with Crippen molar-refractivity contribution in [3.05, 3.63) is 28.8 Å². The summed E-state index contributed by atoms with van der Waals surface area (Å²) in [6.07, 6.45) is -1.97. The number of rotatable bonds is 4. The first-order valence-corrected chi connectivity index (χ1v) is 6.67. The molecule has 1 rings (SSSR count). The number of carbonyl (C=O) groups excluding carboxylic acids is 1. The Morgan fingerprint density at radius 1 is 1.33 bits per heavy atom. The maximum Gasteiger partial charge on any atom is 0.185 e. The van der Waals surface area contributed by atoms with Gasteiger partial charge in [0, 0.05) is 18.4 Å². The van der Waals surface area contributed by atoms with Gasteiger partial charge in [0.1, 0.15) is 6.10 Å². The number of carbonyl (C=O) groups is 1. The molecule has 0 fully saturated rings. The highest BCUT2D eigenvalue weighted by Gasteiger charge is 2.22.